The summed E-state index contributed by atoms with van der Waals surface area (Å²) >= 11 is 25.7. The van der Waals surface area contributed by atoms with Crippen LogP contribution in [-0.2, 0) is 9.53 Å². The van der Waals surface area contributed by atoms with Gasteiger partial charge in [-0.05, 0) is 6.07 Å². The summed E-state index contributed by atoms with van der Waals surface area (Å²) in [7, 11) is 0. The first-order chi connectivity index (χ1) is 12.0. The zero-order valence-electron chi connectivity index (χ0n) is 12.8. The van der Waals surface area contributed by atoms with E-state index >= 15 is 0 Å². The molecule has 2 heterocycles. The number of nitrogens with zero attached hydrogens (tertiary/aromatic N) is 2. The maximum Gasteiger partial charge on any atom is 0.238 e. The molecule has 1 aromatic heterocycles. The van der Waals surface area contributed by atoms with Crippen LogP contribution in [0.3, 0.4) is 0 Å². The van der Waals surface area contributed by atoms with Gasteiger partial charge in [0.25, 0.3) is 0 Å². The molecular formula is C15H13Cl4N3O2S. The van der Waals surface area contributed by atoms with Gasteiger partial charge in [-0.1, -0.05) is 46.4 Å². The highest BCUT2D eigenvalue weighted by molar-refractivity contribution is 7.09. The van der Waals surface area contributed by atoms with Crippen LogP contribution in [0, 0.1) is 0 Å². The van der Waals surface area contributed by atoms with Gasteiger partial charge in [0.2, 0.25) is 5.91 Å². The van der Waals surface area contributed by atoms with Crippen LogP contribution < -0.4 is 5.32 Å². The number of nitrogens with one attached hydrogen (secondary N) is 1. The van der Waals surface area contributed by atoms with Crippen molar-refractivity contribution >= 4 is 69.3 Å². The van der Waals surface area contributed by atoms with Crippen molar-refractivity contribution in [3.05, 3.63) is 42.7 Å². The molecule has 1 unspecified atom stereocenters. The maximum absolute atomic E-state index is 12.4. The van der Waals surface area contributed by atoms with E-state index in [-0.39, 0.29) is 44.3 Å². The number of benzene rings is 1. The monoisotopic (exact) mass is 439 g/mol. The number of carbonyl (C=O) groups is 1. The summed E-state index contributed by atoms with van der Waals surface area (Å²) in [5.41, 5.74) is 0.218. The van der Waals surface area contributed by atoms with Gasteiger partial charge in [-0.2, -0.15) is 0 Å². The second-order valence-corrected chi connectivity index (χ2v) is 7.85. The average molecular weight is 441 g/mol. The Bertz CT molecular complexity index is 746. The van der Waals surface area contributed by atoms with Crippen LogP contribution in [0.1, 0.15) is 11.1 Å². The molecule has 25 heavy (non-hydrogen) atoms. The Morgan fingerprint density at radius 1 is 1.32 bits per heavy atom. The van der Waals surface area contributed by atoms with Gasteiger partial charge in [0, 0.05) is 24.7 Å². The van der Waals surface area contributed by atoms with Gasteiger partial charge in [0.15, 0.2) is 0 Å². The minimum absolute atomic E-state index is 0.130. The van der Waals surface area contributed by atoms with Crippen molar-refractivity contribution in [3.63, 3.8) is 0 Å². The van der Waals surface area contributed by atoms with E-state index in [1.807, 2.05) is 10.3 Å². The van der Waals surface area contributed by atoms with Crippen LogP contribution in [0.4, 0.5) is 5.69 Å². The number of hydrogen-bond acceptors (Lipinski definition) is 5. The number of halogens is 4. The summed E-state index contributed by atoms with van der Waals surface area (Å²) in [5.74, 6) is -0.262. The summed E-state index contributed by atoms with van der Waals surface area (Å²) in [6, 6.07) is 1.43. The van der Waals surface area contributed by atoms with Crippen LogP contribution in [0.2, 0.25) is 20.1 Å². The van der Waals surface area contributed by atoms with Crippen molar-refractivity contribution in [1.29, 1.82) is 0 Å². The highest BCUT2D eigenvalue weighted by atomic mass is 35.5. The van der Waals surface area contributed by atoms with E-state index in [1.165, 1.54) is 17.4 Å². The molecule has 1 N–H and O–H groups in total. The van der Waals surface area contributed by atoms with E-state index < -0.39 is 0 Å². The van der Waals surface area contributed by atoms with Crippen LogP contribution in [0.25, 0.3) is 0 Å². The summed E-state index contributed by atoms with van der Waals surface area (Å²) in [6.45, 7) is 1.93. The number of carbonyl (C=O) groups excluding carboxylic acids is 1. The van der Waals surface area contributed by atoms with Crippen LogP contribution in [0.5, 0.6) is 0 Å². The molecule has 1 aliphatic rings. The van der Waals surface area contributed by atoms with Gasteiger partial charge in [0.1, 0.15) is 11.1 Å². The lowest BCUT2D eigenvalue weighted by Crippen LogP contribution is -2.42. The van der Waals surface area contributed by atoms with Crippen LogP contribution >= 0.6 is 57.7 Å². The van der Waals surface area contributed by atoms with Gasteiger partial charge in [-0.25, -0.2) is 4.98 Å². The molecule has 1 aromatic carbocycles. The third-order valence-electron chi connectivity index (χ3n) is 3.62. The lowest BCUT2D eigenvalue weighted by Gasteiger charge is -2.31. The molecule has 1 saturated heterocycles. The molecule has 0 saturated carbocycles. The SMILES string of the molecule is O=C(CN1CCOC(c2nccs2)C1)Nc1c(Cl)c(Cl)cc(Cl)c1Cl. The largest absolute Gasteiger partial charge is 0.368 e. The fourth-order valence-corrected chi connectivity index (χ4v) is 4.04. The lowest BCUT2D eigenvalue weighted by atomic mass is 10.2. The van der Waals surface area contributed by atoms with Gasteiger partial charge in [-0.3, -0.25) is 9.69 Å². The molecule has 0 bridgehead atoms. The second-order valence-electron chi connectivity index (χ2n) is 5.36. The fraction of sp³-hybridized carbons (Fsp3) is 0.333. The Morgan fingerprint density at radius 3 is 2.68 bits per heavy atom. The summed E-state index contributed by atoms with van der Waals surface area (Å²) in [6.07, 6.45) is 1.61. The minimum Gasteiger partial charge on any atom is -0.368 e. The fourth-order valence-electron chi connectivity index (χ4n) is 2.45. The lowest BCUT2D eigenvalue weighted by molar-refractivity contribution is -0.119. The smallest absolute Gasteiger partial charge is 0.238 e. The topological polar surface area (TPSA) is 54.5 Å². The Morgan fingerprint density at radius 2 is 2.04 bits per heavy atom. The molecule has 1 aliphatic heterocycles. The normalized spacial score (nSPS) is 18.3. The molecule has 1 amide bonds. The van der Waals surface area contributed by atoms with Crippen molar-refractivity contribution in [3.8, 4) is 0 Å². The molecule has 1 fully saturated rings. The van der Waals surface area contributed by atoms with Crippen molar-refractivity contribution in [2.24, 2.45) is 0 Å². The molecular weight excluding hydrogens is 428 g/mol. The van der Waals surface area contributed by atoms with E-state index in [0.717, 1.165) is 5.01 Å². The maximum atomic E-state index is 12.4. The number of hydrogen-bond donors (Lipinski definition) is 1. The van der Waals surface area contributed by atoms with Gasteiger partial charge < -0.3 is 10.1 Å². The Kier molecular flexibility index (Phi) is 6.44. The number of anilines is 1. The summed E-state index contributed by atoms with van der Waals surface area (Å²) in [4.78, 5) is 18.6. The highest BCUT2D eigenvalue weighted by Gasteiger charge is 2.25. The van der Waals surface area contributed by atoms with Crippen molar-refractivity contribution in [2.75, 3.05) is 31.6 Å². The third kappa shape index (κ3) is 4.57. The summed E-state index contributed by atoms with van der Waals surface area (Å²) < 4.78 is 5.72. The third-order valence-corrected chi connectivity index (χ3v) is 6.06. The zero-order chi connectivity index (χ0) is 18.0. The predicted octanol–water partition coefficient (Wildman–Crippen LogP) is 4.77. The molecule has 2 aromatic rings. The van der Waals surface area contributed by atoms with Crippen molar-refractivity contribution < 1.29 is 9.53 Å². The number of thiazole rings is 1. The standard InChI is InChI=1S/C15H13Cl4N3O2S/c16-8-5-9(17)13(19)14(12(8)18)21-11(23)7-22-2-3-24-10(6-22)15-20-1-4-25-15/h1,4-5,10H,2-3,6-7H2,(H,21,23). The molecule has 3 rings (SSSR count). The number of ether oxygens (including phenoxy) is 1. The molecule has 0 spiro atoms. The van der Waals surface area contributed by atoms with E-state index in [2.05, 4.69) is 10.3 Å². The average Bonchev–Trinajstić information content (AvgIpc) is 3.12. The van der Waals surface area contributed by atoms with Crippen molar-refractivity contribution in [1.82, 2.24) is 9.88 Å². The molecule has 1 atom stereocenters. The Hall–Kier alpha value is -0.600. The minimum atomic E-state index is -0.262. The van der Waals surface area contributed by atoms with Crippen LogP contribution in [-0.4, -0.2) is 42.0 Å². The summed E-state index contributed by atoms with van der Waals surface area (Å²) in [5, 5.41) is 6.26. The van der Waals surface area contributed by atoms with Crippen molar-refractivity contribution in [2.45, 2.75) is 6.10 Å². The zero-order valence-corrected chi connectivity index (χ0v) is 16.6. The van der Waals surface area contributed by atoms with E-state index in [4.69, 9.17) is 51.1 Å². The Labute approximate surface area is 168 Å². The van der Waals surface area contributed by atoms with Gasteiger partial charge >= 0.3 is 0 Å². The van der Waals surface area contributed by atoms with Crippen LogP contribution in [0.15, 0.2) is 17.6 Å². The van der Waals surface area contributed by atoms with Gasteiger partial charge in [0.05, 0.1) is 38.9 Å². The van der Waals surface area contributed by atoms with Gasteiger partial charge in [-0.15, -0.1) is 11.3 Å². The molecule has 0 aliphatic carbocycles. The molecule has 5 nitrogen and oxygen atoms in total. The first kappa shape index (κ1) is 19.2. The molecule has 0 radical (unpaired) electrons. The quantitative estimate of drug-likeness (QED) is 0.695. The first-order valence-corrected chi connectivity index (χ1v) is 9.71. The molecule has 134 valence electrons. The number of rotatable bonds is 4. The van der Waals surface area contributed by atoms with E-state index in [9.17, 15) is 4.79 Å². The number of morpholine rings is 1. The number of aromatic nitrogens is 1. The first-order valence-electron chi connectivity index (χ1n) is 7.32. The predicted molar refractivity (Wildman–Crippen MR) is 102 cm³/mol. The number of amides is 1. The Balaban J connectivity index is 1.65. The highest BCUT2D eigenvalue weighted by Crippen LogP contribution is 2.41. The van der Waals surface area contributed by atoms with E-state index in [1.54, 1.807) is 6.20 Å². The second kappa shape index (κ2) is 8.39. The van der Waals surface area contributed by atoms with E-state index in [0.29, 0.717) is 19.7 Å². The molecule has 10 heteroatoms.